The third kappa shape index (κ3) is 4.20. The van der Waals surface area contributed by atoms with E-state index in [0.717, 1.165) is 24.5 Å². The molecule has 1 amide bonds. The molecule has 9 heteroatoms. The van der Waals surface area contributed by atoms with Gasteiger partial charge in [0.1, 0.15) is 18.7 Å². The molecule has 3 heterocycles. The molecule has 27 heavy (non-hydrogen) atoms. The molecule has 1 saturated heterocycles. The van der Waals surface area contributed by atoms with Gasteiger partial charge in [-0.25, -0.2) is 9.07 Å². The van der Waals surface area contributed by atoms with Gasteiger partial charge < -0.3 is 4.90 Å². The van der Waals surface area contributed by atoms with Gasteiger partial charge in [0.05, 0.1) is 0 Å². The van der Waals surface area contributed by atoms with Crippen molar-refractivity contribution in [3.05, 3.63) is 53.4 Å². The van der Waals surface area contributed by atoms with Gasteiger partial charge in [0.25, 0.3) is 0 Å². The molecular formula is C18H19FN6OS. The topological polar surface area (TPSA) is 67.2 Å². The lowest BCUT2D eigenvalue weighted by Gasteiger charge is -2.34. The van der Waals surface area contributed by atoms with Crippen LogP contribution in [0.5, 0.6) is 0 Å². The van der Waals surface area contributed by atoms with E-state index in [1.165, 1.54) is 22.0 Å². The number of thiophene rings is 1. The lowest BCUT2D eigenvalue weighted by molar-refractivity contribution is -0.133. The molecule has 3 aromatic rings. The molecule has 0 aliphatic carbocycles. The Hall–Kier alpha value is -2.65. The molecule has 7 nitrogen and oxygen atoms in total. The molecule has 1 fully saturated rings. The number of benzene rings is 1. The average Bonchev–Trinajstić information content (AvgIpc) is 3.35. The summed E-state index contributed by atoms with van der Waals surface area (Å²) in [5, 5.41) is 10.8. The van der Waals surface area contributed by atoms with Crippen molar-refractivity contribution >= 4 is 17.2 Å². The summed E-state index contributed by atoms with van der Waals surface area (Å²) in [4.78, 5) is 18.6. The number of aromatic nitrogens is 4. The zero-order valence-corrected chi connectivity index (χ0v) is 15.5. The van der Waals surface area contributed by atoms with E-state index < -0.39 is 0 Å². The zero-order valence-electron chi connectivity index (χ0n) is 14.7. The van der Waals surface area contributed by atoms with E-state index in [1.54, 1.807) is 23.5 Å². The van der Waals surface area contributed by atoms with E-state index in [1.807, 2.05) is 17.0 Å². The number of carbonyl (C=O) groups is 1. The van der Waals surface area contributed by atoms with Gasteiger partial charge in [-0.15, -0.1) is 16.4 Å². The molecule has 0 bridgehead atoms. The Morgan fingerprint density at radius 3 is 2.67 bits per heavy atom. The van der Waals surface area contributed by atoms with E-state index in [4.69, 9.17) is 0 Å². The minimum absolute atomic E-state index is 0.0277. The van der Waals surface area contributed by atoms with Gasteiger partial charge in [-0.2, -0.15) is 0 Å². The normalized spacial score (nSPS) is 15.2. The molecule has 0 N–H and O–H groups in total. The van der Waals surface area contributed by atoms with Crippen molar-refractivity contribution in [1.82, 2.24) is 30.0 Å². The maximum absolute atomic E-state index is 13.9. The van der Waals surface area contributed by atoms with Gasteiger partial charge in [-0.1, -0.05) is 18.2 Å². The van der Waals surface area contributed by atoms with Crippen LogP contribution in [0.15, 0.2) is 42.7 Å². The van der Waals surface area contributed by atoms with Crippen molar-refractivity contribution in [2.24, 2.45) is 0 Å². The van der Waals surface area contributed by atoms with Crippen LogP contribution in [0.4, 0.5) is 4.39 Å². The highest BCUT2D eigenvalue weighted by Gasteiger charge is 2.22. The first-order valence-corrected chi connectivity index (χ1v) is 9.55. The number of amides is 1. The summed E-state index contributed by atoms with van der Waals surface area (Å²) in [6.45, 7) is 3.99. The standard InChI is InChI=1S/C18H19FN6OS/c19-16-4-2-1-3-15(16)17-6-5-14(27-17)11-23-7-9-24(10-8-23)18(26)12-25-13-20-21-22-25/h1-6,13H,7-12H2. The molecule has 0 spiro atoms. The minimum Gasteiger partial charge on any atom is -0.339 e. The number of tetrazole rings is 1. The van der Waals surface area contributed by atoms with Crippen LogP contribution in [0.2, 0.25) is 0 Å². The number of nitrogens with zero attached hydrogens (tertiary/aromatic N) is 6. The van der Waals surface area contributed by atoms with Crippen LogP contribution >= 0.6 is 11.3 Å². The highest BCUT2D eigenvalue weighted by atomic mass is 32.1. The molecule has 4 rings (SSSR count). The van der Waals surface area contributed by atoms with Gasteiger partial charge in [-0.3, -0.25) is 9.69 Å². The third-order valence-corrected chi connectivity index (χ3v) is 5.70. The van der Waals surface area contributed by atoms with Crippen LogP contribution in [-0.2, 0) is 17.9 Å². The van der Waals surface area contributed by atoms with Crippen LogP contribution in [0.3, 0.4) is 0 Å². The molecule has 1 aliphatic rings. The second kappa shape index (κ2) is 7.93. The van der Waals surface area contributed by atoms with Crippen molar-refractivity contribution in [3.8, 4) is 10.4 Å². The summed E-state index contributed by atoms with van der Waals surface area (Å²) in [5.74, 6) is -0.166. The number of piperazine rings is 1. The predicted molar refractivity (Wildman–Crippen MR) is 99.4 cm³/mol. The summed E-state index contributed by atoms with van der Waals surface area (Å²) < 4.78 is 15.4. The first-order chi connectivity index (χ1) is 13.2. The molecule has 1 aromatic carbocycles. The van der Waals surface area contributed by atoms with Gasteiger partial charge >= 0.3 is 0 Å². The van der Waals surface area contributed by atoms with E-state index in [-0.39, 0.29) is 18.3 Å². The molecular weight excluding hydrogens is 367 g/mol. The van der Waals surface area contributed by atoms with Crippen LogP contribution in [0.25, 0.3) is 10.4 Å². The zero-order chi connectivity index (χ0) is 18.6. The number of hydrogen-bond donors (Lipinski definition) is 0. The number of rotatable bonds is 5. The minimum atomic E-state index is -0.194. The maximum atomic E-state index is 13.9. The smallest absolute Gasteiger partial charge is 0.244 e. The molecule has 1 aliphatic heterocycles. The largest absolute Gasteiger partial charge is 0.339 e. The predicted octanol–water partition coefficient (Wildman–Crippen LogP) is 1.89. The Morgan fingerprint density at radius 1 is 1.11 bits per heavy atom. The van der Waals surface area contributed by atoms with Crippen molar-refractivity contribution in [3.63, 3.8) is 0 Å². The highest BCUT2D eigenvalue weighted by molar-refractivity contribution is 7.15. The van der Waals surface area contributed by atoms with E-state index in [2.05, 4.69) is 26.5 Å². The van der Waals surface area contributed by atoms with Crippen molar-refractivity contribution in [2.75, 3.05) is 26.2 Å². The van der Waals surface area contributed by atoms with Crippen molar-refractivity contribution < 1.29 is 9.18 Å². The fourth-order valence-corrected chi connectivity index (χ4v) is 4.21. The maximum Gasteiger partial charge on any atom is 0.244 e. The highest BCUT2D eigenvalue weighted by Crippen LogP contribution is 2.30. The second-order valence-corrected chi connectivity index (χ2v) is 7.58. The molecule has 140 valence electrons. The second-order valence-electron chi connectivity index (χ2n) is 6.41. The molecule has 0 atom stereocenters. The lowest BCUT2D eigenvalue weighted by Crippen LogP contribution is -2.49. The van der Waals surface area contributed by atoms with Crippen LogP contribution in [0.1, 0.15) is 4.88 Å². The Morgan fingerprint density at radius 2 is 1.93 bits per heavy atom. The Kier molecular flexibility index (Phi) is 5.21. The SMILES string of the molecule is O=C(Cn1cnnn1)N1CCN(Cc2ccc(-c3ccccc3F)s2)CC1. The molecule has 0 radical (unpaired) electrons. The Labute approximate surface area is 160 Å². The number of halogens is 1. The van der Waals surface area contributed by atoms with Gasteiger partial charge in [0.2, 0.25) is 5.91 Å². The van der Waals surface area contributed by atoms with Gasteiger partial charge in [0.15, 0.2) is 0 Å². The monoisotopic (exact) mass is 386 g/mol. The third-order valence-electron chi connectivity index (χ3n) is 4.59. The Balaban J connectivity index is 1.31. The van der Waals surface area contributed by atoms with Crippen molar-refractivity contribution in [2.45, 2.75) is 13.1 Å². The van der Waals surface area contributed by atoms with E-state index in [9.17, 15) is 9.18 Å². The molecule has 0 saturated carbocycles. The molecule has 2 aromatic heterocycles. The van der Waals surface area contributed by atoms with Crippen LogP contribution < -0.4 is 0 Å². The van der Waals surface area contributed by atoms with Crippen LogP contribution in [-0.4, -0.2) is 62.1 Å². The summed E-state index contributed by atoms with van der Waals surface area (Å²) in [6.07, 6.45) is 1.44. The van der Waals surface area contributed by atoms with Gasteiger partial charge in [-0.05, 0) is 28.6 Å². The van der Waals surface area contributed by atoms with Crippen LogP contribution in [0, 0.1) is 5.82 Å². The fourth-order valence-electron chi connectivity index (χ4n) is 3.14. The number of carbonyl (C=O) groups excluding carboxylic acids is 1. The molecule has 0 unspecified atom stereocenters. The average molecular weight is 386 g/mol. The van der Waals surface area contributed by atoms with E-state index in [0.29, 0.717) is 18.7 Å². The summed E-state index contributed by atoms with van der Waals surface area (Å²) in [7, 11) is 0. The number of hydrogen-bond acceptors (Lipinski definition) is 6. The lowest BCUT2D eigenvalue weighted by atomic mass is 10.2. The fraction of sp³-hybridized carbons (Fsp3) is 0.333. The first kappa shape index (κ1) is 17.7. The first-order valence-electron chi connectivity index (χ1n) is 8.73. The Bertz CT molecular complexity index is 904. The van der Waals surface area contributed by atoms with Crippen molar-refractivity contribution in [1.29, 1.82) is 0 Å². The van der Waals surface area contributed by atoms with Gasteiger partial charge in [0, 0.05) is 48.0 Å². The summed E-state index contributed by atoms with van der Waals surface area (Å²) >= 11 is 1.62. The quantitative estimate of drug-likeness (QED) is 0.670. The summed E-state index contributed by atoms with van der Waals surface area (Å²) in [6, 6.07) is 10.9. The van der Waals surface area contributed by atoms with E-state index >= 15 is 0 Å². The summed E-state index contributed by atoms with van der Waals surface area (Å²) in [5.41, 5.74) is 0.645.